The number of hydrogen-bond donors (Lipinski definition) is 4. The summed E-state index contributed by atoms with van der Waals surface area (Å²) in [6.07, 6.45) is 6.61. The fraction of sp³-hybridized carbons (Fsp3) is 0.208. The number of aromatic nitrogens is 2. The van der Waals surface area contributed by atoms with Gasteiger partial charge in [0.25, 0.3) is 0 Å². The Bertz CT molecular complexity index is 2560. The van der Waals surface area contributed by atoms with E-state index in [1.54, 1.807) is 0 Å². The zero-order valence-corrected chi connectivity index (χ0v) is 34.2. The summed E-state index contributed by atoms with van der Waals surface area (Å²) in [5, 5.41) is 6.78. The smallest absolute Gasteiger partial charge is 0.220 e. The molecule has 0 saturated carbocycles. The van der Waals surface area contributed by atoms with Crippen LogP contribution in [0.3, 0.4) is 0 Å². The van der Waals surface area contributed by atoms with Crippen LogP contribution in [-0.4, -0.2) is 13.2 Å². The largest absolute Gasteiger partial charge is 1.00 e. The van der Waals surface area contributed by atoms with Gasteiger partial charge in [-0.15, -0.1) is 0 Å². The Morgan fingerprint density at radius 3 is 1.19 bits per heavy atom. The van der Waals surface area contributed by atoms with Gasteiger partial charge in [-0.05, 0) is 97.8 Å². The van der Waals surface area contributed by atoms with Crippen molar-refractivity contribution in [1.29, 1.82) is 0 Å². The number of nitrogens with two attached hydrogens (primary N) is 4. The Hall–Kier alpha value is -6.06. The van der Waals surface area contributed by atoms with Crippen LogP contribution in [0.25, 0.3) is 65.9 Å². The highest BCUT2D eigenvalue weighted by Crippen LogP contribution is 2.36. The molecule has 0 radical (unpaired) electrons. The summed E-state index contributed by atoms with van der Waals surface area (Å²) in [6.45, 7) is 1.36. The van der Waals surface area contributed by atoms with Crippen molar-refractivity contribution in [2.75, 3.05) is 36.1 Å². The molecule has 0 saturated heterocycles. The van der Waals surface area contributed by atoms with Crippen LogP contribution >= 0.6 is 0 Å². The number of aryl methyl sites for hydroxylation is 2. The van der Waals surface area contributed by atoms with Crippen molar-refractivity contribution in [1.82, 2.24) is 0 Å². The topological polar surface area (TPSA) is 130 Å². The molecule has 57 heavy (non-hydrogen) atoms. The van der Waals surface area contributed by atoms with Crippen LogP contribution in [0.15, 0.2) is 121 Å². The molecule has 0 amide bonds. The Labute approximate surface area is 344 Å². The number of hydrogen-bond acceptors (Lipinski definition) is 6. The molecular formula is C48H50BrN6O2+. The molecule has 8 rings (SSSR count). The summed E-state index contributed by atoms with van der Waals surface area (Å²) in [7, 11) is 4.17. The summed E-state index contributed by atoms with van der Waals surface area (Å²) in [5.74, 6) is 1.73. The molecule has 6 aromatic carbocycles. The predicted octanol–water partition coefficient (Wildman–Crippen LogP) is 6.41. The van der Waals surface area contributed by atoms with Gasteiger partial charge in [0.1, 0.15) is 25.6 Å². The Balaban J connectivity index is 0.00000496. The monoisotopic (exact) mass is 821 g/mol. The highest BCUT2D eigenvalue weighted by molar-refractivity contribution is 6.11. The lowest BCUT2D eigenvalue weighted by Crippen LogP contribution is -3.00. The number of anilines is 4. The molecule has 0 atom stereocenters. The van der Waals surface area contributed by atoms with E-state index in [1.807, 2.05) is 48.5 Å². The number of nitrogens with zero attached hydrogens (tertiary/aromatic N) is 2. The number of rotatable bonds is 13. The van der Waals surface area contributed by atoms with Gasteiger partial charge in [-0.1, -0.05) is 49.9 Å². The van der Waals surface area contributed by atoms with Crippen molar-refractivity contribution >= 4 is 66.1 Å². The van der Waals surface area contributed by atoms with E-state index < -0.39 is 0 Å². The van der Waals surface area contributed by atoms with Crippen molar-refractivity contribution in [3.05, 3.63) is 121 Å². The molecule has 0 spiro atoms. The maximum absolute atomic E-state index is 6.28. The second kappa shape index (κ2) is 17.0. The van der Waals surface area contributed by atoms with Crippen LogP contribution in [0.2, 0.25) is 0 Å². The first-order valence-corrected chi connectivity index (χ1v) is 19.5. The SMILES string of the molecule is C[n+]1c(-c2cccc(OCCCCCCCCOc3cccc(-c4c5cc(N)ccc5c5ccc(N)cc5[n+]4C)c3)c2)c2cc(N)ccc2c2ccc(N)cc21.[Br-]. The number of ether oxygens (including phenoxy) is 2. The molecule has 2 heterocycles. The summed E-state index contributed by atoms with van der Waals surface area (Å²) in [6, 6.07) is 41.1. The van der Waals surface area contributed by atoms with Crippen molar-refractivity contribution in [3.63, 3.8) is 0 Å². The van der Waals surface area contributed by atoms with Gasteiger partial charge in [0.05, 0.1) is 45.9 Å². The van der Waals surface area contributed by atoms with Gasteiger partial charge in [0.15, 0.2) is 0 Å². The fourth-order valence-electron chi connectivity index (χ4n) is 8.15. The van der Waals surface area contributed by atoms with Crippen LogP contribution in [0, 0.1) is 0 Å². The fourth-order valence-corrected chi connectivity index (χ4v) is 8.15. The van der Waals surface area contributed by atoms with E-state index in [0.717, 1.165) is 126 Å². The minimum absolute atomic E-state index is 0. The second-order valence-electron chi connectivity index (χ2n) is 14.9. The maximum Gasteiger partial charge on any atom is 0.220 e. The molecule has 8 aromatic rings. The molecule has 0 fully saturated rings. The van der Waals surface area contributed by atoms with Crippen LogP contribution in [0.1, 0.15) is 38.5 Å². The Morgan fingerprint density at radius 2 is 0.772 bits per heavy atom. The molecule has 2 aromatic heterocycles. The summed E-state index contributed by atoms with van der Waals surface area (Å²) in [5.41, 5.74) is 34.4. The number of benzene rings is 6. The van der Waals surface area contributed by atoms with E-state index in [9.17, 15) is 0 Å². The van der Waals surface area contributed by atoms with Gasteiger partial charge in [0, 0.05) is 45.7 Å². The van der Waals surface area contributed by atoms with Gasteiger partial charge < -0.3 is 49.4 Å². The summed E-state index contributed by atoms with van der Waals surface area (Å²) >= 11 is 0. The van der Waals surface area contributed by atoms with E-state index in [1.165, 1.54) is 12.8 Å². The van der Waals surface area contributed by atoms with Crippen LogP contribution in [0.4, 0.5) is 22.7 Å². The van der Waals surface area contributed by atoms with E-state index in [4.69, 9.17) is 32.4 Å². The predicted molar refractivity (Wildman–Crippen MR) is 232 cm³/mol. The molecule has 0 bridgehead atoms. The van der Waals surface area contributed by atoms with Gasteiger partial charge in [0.2, 0.25) is 22.4 Å². The van der Waals surface area contributed by atoms with Gasteiger partial charge in [-0.25, -0.2) is 0 Å². The lowest BCUT2D eigenvalue weighted by molar-refractivity contribution is -0.632. The highest BCUT2D eigenvalue weighted by Gasteiger charge is 2.23. The molecule has 290 valence electrons. The molecule has 9 heteroatoms. The first-order chi connectivity index (χ1) is 27.2. The first kappa shape index (κ1) is 39.2. The third kappa shape index (κ3) is 8.11. The quantitative estimate of drug-likeness (QED) is 0.0461. The lowest BCUT2D eigenvalue weighted by atomic mass is 9.98. The van der Waals surface area contributed by atoms with Crippen LogP contribution < -0.4 is 58.5 Å². The van der Waals surface area contributed by atoms with Crippen LogP contribution in [0.5, 0.6) is 11.5 Å². The highest BCUT2D eigenvalue weighted by atomic mass is 79.9. The number of halogens is 1. The molecule has 0 aliphatic heterocycles. The van der Waals surface area contributed by atoms with Gasteiger partial charge in [-0.3, -0.25) is 0 Å². The third-order valence-electron chi connectivity index (χ3n) is 10.9. The average molecular weight is 823 g/mol. The van der Waals surface area contributed by atoms with Crippen molar-refractivity contribution in [2.45, 2.75) is 38.5 Å². The number of fused-ring (bicyclic) bond motifs is 6. The van der Waals surface area contributed by atoms with E-state index in [0.29, 0.717) is 13.2 Å². The molecule has 8 nitrogen and oxygen atoms in total. The summed E-state index contributed by atoms with van der Waals surface area (Å²) < 4.78 is 16.9. The van der Waals surface area contributed by atoms with E-state index >= 15 is 0 Å². The third-order valence-corrected chi connectivity index (χ3v) is 10.9. The maximum atomic E-state index is 6.28. The number of unbranched alkanes of at least 4 members (excludes halogenated alkanes) is 5. The zero-order chi connectivity index (χ0) is 38.8. The summed E-state index contributed by atoms with van der Waals surface area (Å²) in [4.78, 5) is 0. The van der Waals surface area contributed by atoms with Gasteiger partial charge >= 0.3 is 0 Å². The van der Waals surface area contributed by atoms with Crippen molar-refractivity contribution in [3.8, 4) is 34.0 Å². The minimum Gasteiger partial charge on any atom is -1.00 e. The standard InChI is InChI=1S/C48H48N6O2.BrH/c1-53-45-29-35(51)17-21-41(45)39-19-15-33(49)27-43(39)47(53)31-11-9-13-37(25-31)55-23-7-5-3-4-6-8-24-56-38-14-10-12-32(26-38)48-44-28-34(50)16-20-40(44)42-22-18-36(52)30-46(42)54(48)2;/h9-22,25-30,51-52H,3-8,23-24,49-50H2,1-2H3;1H/p+1. The number of pyridine rings is 2. The molecule has 0 aliphatic rings. The second-order valence-corrected chi connectivity index (χ2v) is 14.9. The molecule has 8 N–H and O–H groups in total. The zero-order valence-electron chi connectivity index (χ0n) is 32.6. The van der Waals surface area contributed by atoms with Crippen LogP contribution in [-0.2, 0) is 14.1 Å². The van der Waals surface area contributed by atoms with Gasteiger partial charge in [-0.2, -0.15) is 9.13 Å². The molecular weight excluding hydrogens is 772 g/mol. The van der Waals surface area contributed by atoms with E-state index in [2.05, 4.69) is 96.0 Å². The van der Waals surface area contributed by atoms with Crippen molar-refractivity contribution < 1.29 is 35.6 Å². The Morgan fingerprint density at radius 1 is 0.404 bits per heavy atom. The molecule has 0 unspecified atom stereocenters. The molecule has 0 aliphatic carbocycles. The number of nitrogen functional groups attached to an aromatic ring is 4. The lowest BCUT2D eigenvalue weighted by Gasteiger charge is -2.12. The Kier molecular flexibility index (Phi) is 11.7. The van der Waals surface area contributed by atoms with E-state index in [-0.39, 0.29) is 17.0 Å². The minimum atomic E-state index is 0. The normalized spacial score (nSPS) is 11.3. The first-order valence-electron chi connectivity index (χ1n) is 19.5. The average Bonchev–Trinajstić information content (AvgIpc) is 3.19. The van der Waals surface area contributed by atoms with Crippen molar-refractivity contribution in [2.24, 2.45) is 14.1 Å².